The van der Waals surface area contributed by atoms with Crippen LogP contribution in [0.3, 0.4) is 0 Å². The number of hydrogen-bond donors (Lipinski definition) is 1. The van der Waals surface area contributed by atoms with Gasteiger partial charge in [0.15, 0.2) is 0 Å². The summed E-state index contributed by atoms with van der Waals surface area (Å²) in [5, 5.41) is 2.75. The molecule has 34 heavy (non-hydrogen) atoms. The third kappa shape index (κ3) is 5.29. The number of carbonyl (C=O) groups excluding carboxylic acids is 1. The van der Waals surface area contributed by atoms with Crippen LogP contribution in [0.25, 0.3) is 0 Å². The first-order valence-corrected chi connectivity index (χ1v) is 14.2. The van der Waals surface area contributed by atoms with E-state index in [-0.39, 0.29) is 33.5 Å². The van der Waals surface area contributed by atoms with Crippen molar-refractivity contribution in [2.75, 3.05) is 44.7 Å². The Hall–Kier alpha value is -2.02. The van der Waals surface area contributed by atoms with Crippen molar-refractivity contribution in [1.82, 2.24) is 8.61 Å². The number of halogens is 1. The van der Waals surface area contributed by atoms with Gasteiger partial charge in [0.25, 0.3) is 5.91 Å². The van der Waals surface area contributed by atoms with Crippen LogP contribution in [0.4, 0.5) is 5.69 Å². The van der Waals surface area contributed by atoms with E-state index in [1.165, 1.54) is 51.1 Å². The van der Waals surface area contributed by atoms with Gasteiger partial charge in [-0.05, 0) is 55.3 Å². The molecule has 2 heterocycles. The number of carbonyl (C=O) groups is 1. The summed E-state index contributed by atoms with van der Waals surface area (Å²) < 4.78 is 59.5. The van der Waals surface area contributed by atoms with Gasteiger partial charge in [-0.2, -0.15) is 8.61 Å². The first kappa shape index (κ1) is 25.1. The molecule has 0 aromatic heterocycles. The zero-order valence-electron chi connectivity index (χ0n) is 18.4. The van der Waals surface area contributed by atoms with Crippen molar-refractivity contribution in [3.05, 3.63) is 53.1 Å². The fourth-order valence-corrected chi connectivity index (χ4v) is 7.09. The number of nitrogens with zero attached hydrogens (tertiary/aromatic N) is 2. The Bertz CT molecular complexity index is 1250. The largest absolute Gasteiger partial charge is 0.379 e. The van der Waals surface area contributed by atoms with E-state index in [0.29, 0.717) is 32.0 Å². The molecule has 1 N–H and O–H groups in total. The van der Waals surface area contributed by atoms with E-state index in [4.69, 9.17) is 16.3 Å². The Morgan fingerprint density at radius 1 is 0.794 bits per heavy atom. The average molecular weight is 528 g/mol. The van der Waals surface area contributed by atoms with Crippen LogP contribution in [0.2, 0.25) is 5.02 Å². The van der Waals surface area contributed by atoms with Crippen LogP contribution in [0, 0.1) is 0 Å². The molecule has 0 aliphatic carbocycles. The van der Waals surface area contributed by atoms with E-state index < -0.39 is 26.0 Å². The normalized spacial score (nSPS) is 18.5. The minimum atomic E-state index is -3.80. The van der Waals surface area contributed by atoms with Gasteiger partial charge in [0.05, 0.1) is 33.6 Å². The molecule has 12 heteroatoms. The molecule has 4 rings (SSSR count). The molecule has 1 amide bonds. The highest BCUT2D eigenvalue weighted by molar-refractivity contribution is 7.89. The van der Waals surface area contributed by atoms with Gasteiger partial charge in [-0.15, -0.1) is 0 Å². The second-order valence-corrected chi connectivity index (χ2v) is 12.4. The molecule has 0 spiro atoms. The molecule has 2 aliphatic rings. The maximum absolute atomic E-state index is 12.9. The van der Waals surface area contributed by atoms with Gasteiger partial charge in [0, 0.05) is 31.9 Å². The predicted molar refractivity (Wildman–Crippen MR) is 128 cm³/mol. The van der Waals surface area contributed by atoms with Gasteiger partial charge in [-0.25, -0.2) is 16.8 Å². The molecule has 0 unspecified atom stereocenters. The van der Waals surface area contributed by atoms with Crippen LogP contribution in [0.15, 0.2) is 52.3 Å². The summed E-state index contributed by atoms with van der Waals surface area (Å²) in [5.41, 5.74) is 0.362. The van der Waals surface area contributed by atoms with Gasteiger partial charge < -0.3 is 10.1 Å². The molecule has 2 aromatic rings. The van der Waals surface area contributed by atoms with Crippen molar-refractivity contribution in [2.45, 2.75) is 29.1 Å². The summed E-state index contributed by atoms with van der Waals surface area (Å²) in [6, 6.07) is 9.87. The summed E-state index contributed by atoms with van der Waals surface area (Å²) in [6.07, 6.45) is 2.71. The fourth-order valence-electron chi connectivity index (χ4n) is 3.94. The monoisotopic (exact) mass is 527 g/mol. The van der Waals surface area contributed by atoms with Crippen molar-refractivity contribution in [3.8, 4) is 0 Å². The van der Waals surface area contributed by atoms with Crippen LogP contribution in [-0.4, -0.2) is 70.7 Å². The number of rotatable bonds is 6. The Kier molecular flexibility index (Phi) is 7.60. The lowest BCUT2D eigenvalue weighted by Gasteiger charge is -2.26. The van der Waals surface area contributed by atoms with E-state index in [9.17, 15) is 21.6 Å². The van der Waals surface area contributed by atoms with Gasteiger partial charge in [-0.1, -0.05) is 18.0 Å². The number of ether oxygens (including phenoxy) is 1. The zero-order chi connectivity index (χ0) is 24.3. The molecule has 9 nitrogen and oxygen atoms in total. The number of nitrogens with one attached hydrogen (secondary N) is 1. The van der Waals surface area contributed by atoms with Crippen molar-refractivity contribution in [1.29, 1.82) is 0 Å². The Morgan fingerprint density at radius 3 is 2.00 bits per heavy atom. The molecule has 2 saturated heterocycles. The van der Waals surface area contributed by atoms with Crippen LogP contribution >= 0.6 is 11.6 Å². The summed E-state index contributed by atoms with van der Waals surface area (Å²) in [5.74, 6) is -0.601. The van der Waals surface area contributed by atoms with Crippen molar-refractivity contribution in [2.24, 2.45) is 0 Å². The molecule has 0 atom stereocenters. The Morgan fingerprint density at radius 2 is 1.35 bits per heavy atom. The molecule has 184 valence electrons. The van der Waals surface area contributed by atoms with Gasteiger partial charge in [0.1, 0.15) is 0 Å². The van der Waals surface area contributed by atoms with Crippen LogP contribution in [0.1, 0.15) is 29.6 Å². The summed E-state index contributed by atoms with van der Waals surface area (Å²) >= 11 is 6.19. The second-order valence-electron chi connectivity index (χ2n) is 8.10. The second kappa shape index (κ2) is 10.3. The zero-order valence-corrected chi connectivity index (χ0v) is 20.8. The molecular formula is C22H26ClN3O6S2. The first-order valence-electron chi connectivity index (χ1n) is 11.0. The molecule has 2 fully saturated rings. The molecule has 2 aromatic carbocycles. The molecular weight excluding hydrogens is 502 g/mol. The van der Waals surface area contributed by atoms with Gasteiger partial charge in [-0.3, -0.25) is 4.79 Å². The number of sulfonamides is 2. The topological polar surface area (TPSA) is 113 Å². The Labute approximate surface area is 204 Å². The predicted octanol–water partition coefficient (Wildman–Crippen LogP) is 2.79. The summed E-state index contributed by atoms with van der Waals surface area (Å²) in [6.45, 7) is 2.09. The molecule has 0 radical (unpaired) electrons. The lowest BCUT2D eigenvalue weighted by atomic mass is 10.2. The SMILES string of the molecule is O=C(Nc1ccc(S(=O)(=O)N2CCCCC2)cc1)c1cc(S(=O)(=O)N2CCOCC2)ccc1Cl. The molecule has 0 saturated carbocycles. The van der Waals surface area contributed by atoms with Crippen LogP contribution in [-0.2, 0) is 24.8 Å². The number of piperidine rings is 1. The minimum Gasteiger partial charge on any atom is -0.379 e. The van der Waals surface area contributed by atoms with Crippen molar-refractivity contribution >= 4 is 43.2 Å². The van der Waals surface area contributed by atoms with Crippen molar-refractivity contribution in [3.63, 3.8) is 0 Å². The maximum atomic E-state index is 12.9. The molecule has 0 bridgehead atoms. The van der Waals surface area contributed by atoms with E-state index in [0.717, 1.165) is 19.3 Å². The van der Waals surface area contributed by atoms with E-state index in [1.807, 2.05) is 0 Å². The molecule has 2 aliphatic heterocycles. The highest BCUT2D eigenvalue weighted by Gasteiger charge is 2.28. The maximum Gasteiger partial charge on any atom is 0.257 e. The Balaban J connectivity index is 1.51. The fraction of sp³-hybridized carbons (Fsp3) is 0.409. The van der Waals surface area contributed by atoms with Gasteiger partial charge in [0.2, 0.25) is 20.0 Å². The highest BCUT2D eigenvalue weighted by Crippen LogP contribution is 2.26. The third-order valence-electron chi connectivity index (χ3n) is 5.86. The highest BCUT2D eigenvalue weighted by atomic mass is 35.5. The number of amides is 1. The number of anilines is 1. The van der Waals surface area contributed by atoms with E-state index in [1.54, 1.807) is 0 Å². The number of hydrogen-bond acceptors (Lipinski definition) is 6. The summed E-state index contributed by atoms with van der Waals surface area (Å²) in [7, 11) is -7.38. The standard InChI is InChI=1S/C22H26ClN3O6S2/c23-21-9-8-19(34(30,31)26-12-14-32-15-13-26)16-20(21)22(27)24-17-4-6-18(7-5-17)33(28,29)25-10-2-1-3-11-25/h4-9,16H,1-3,10-15H2,(H,24,27). The van der Waals surface area contributed by atoms with Crippen LogP contribution < -0.4 is 5.32 Å². The smallest absolute Gasteiger partial charge is 0.257 e. The lowest BCUT2D eigenvalue weighted by molar-refractivity contribution is 0.0730. The summed E-state index contributed by atoms with van der Waals surface area (Å²) in [4.78, 5) is 13.0. The van der Waals surface area contributed by atoms with Crippen molar-refractivity contribution < 1.29 is 26.4 Å². The average Bonchev–Trinajstić information content (AvgIpc) is 2.85. The third-order valence-corrected chi connectivity index (χ3v) is 9.99. The van der Waals surface area contributed by atoms with Gasteiger partial charge >= 0.3 is 0 Å². The van der Waals surface area contributed by atoms with Crippen LogP contribution in [0.5, 0.6) is 0 Å². The quantitative estimate of drug-likeness (QED) is 0.618. The number of benzene rings is 2. The van der Waals surface area contributed by atoms with E-state index in [2.05, 4.69) is 5.32 Å². The van der Waals surface area contributed by atoms with E-state index >= 15 is 0 Å². The lowest BCUT2D eigenvalue weighted by Crippen LogP contribution is -2.40. The number of morpholine rings is 1. The minimum absolute atomic E-state index is 0.000941. The first-order chi connectivity index (χ1) is 16.2.